The van der Waals surface area contributed by atoms with Crippen LogP contribution in [-0.4, -0.2) is 42.9 Å². The quantitative estimate of drug-likeness (QED) is 0.568. The molecule has 0 saturated heterocycles. The molecule has 0 bridgehead atoms. The van der Waals surface area contributed by atoms with Gasteiger partial charge in [-0.25, -0.2) is 0 Å². The van der Waals surface area contributed by atoms with Gasteiger partial charge < -0.3 is 14.7 Å². The summed E-state index contributed by atoms with van der Waals surface area (Å²) in [6, 6.07) is 6.38. The van der Waals surface area contributed by atoms with Crippen molar-refractivity contribution in [2.24, 2.45) is 11.3 Å². The van der Waals surface area contributed by atoms with Crippen LogP contribution in [0.1, 0.15) is 58.6 Å². The molecule has 1 unspecified atom stereocenters. The van der Waals surface area contributed by atoms with Crippen molar-refractivity contribution in [3.05, 3.63) is 46.1 Å². The van der Waals surface area contributed by atoms with Gasteiger partial charge in [0.15, 0.2) is 0 Å². The van der Waals surface area contributed by atoms with Crippen LogP contribution in [0.4, 0.5) is 0 Å². The number of carboxylic acid groups (broad SMARTS) is 1. The number of aliphatic carboxylic acids is 1. The highest BCUT2D eigenvalue weighted by Crippen LogP contribution is 2.38. The fraction of sp³-hybridized carbons (Fsp3) is 0.625. The second kappa shape index (κ2) is 10.2. The summed E-state index contributed by atoms with van der Waals surface area (Å²) in [5.41, 5.74) is 3.32. The first-order valence-corrected chi connectivity index (χ1v) is 11.0. The Labute approximate surface area is 186 Å². The van der Waals surface area contributed by atoms with Gasteiger partial charge in [0, 0.05) is 30.8 Å². The standard InChI is InChI=1S/C24H37ClN2O3/c1-17(15-30-6)20-14-27(12-10-22(28)29)16-26-24(20,5)19-8-7-18(21(25)13-19)9-11-23(2,3)4/h7-8,13-14,17,26H,9-12,15-16H2,1-6H3,(H,28,29)/t17?,24-/m0/s1. The highest BCUT2D eigenvalue weighted by Gasteiger charge is 2.37. The molecule has 0 aliphatic carbocycles. The monoisotopic (exact) mass is 436 g/mol. The van der Waals surface area contributed by atoms with Gasteiger partial charge in [-0.2, -0.15) is 0 Å². The van der Waals surface area contributed by atoms with Crippen LogP contribution in [0.2, 0.25) is 5.02 Å². The van der Waals surface area contributed by atoms with Crippen LogP contribution in [0.25, 0.3) is 0 Å². The SMILES string of the molecule is COCC(C)C1=CN(CCC(=O)O)CN[C@@]1(C)c1ccc(CCC(C)(C)C)c(Cl)c1. The lowest BCUT2D eigenvalue weighted by molar-refractivity contribution is -0.137. The second-order valence-electron chi connectivity index (χ2n) is 9.72. The summed E-state index contributed by atoms with van der Waals surface area (Å²) in [5.74, 6) is -0.625. The molecule has 1 aromatic rings. The molecule has 0 saturated carbocycles. The molecule has 1 aromatic carbocycles. The number of carboxylic acids is 1. The van der Waals surface area contributed by atoms with Crippen molar-refractivity contribution in [1.29, 1.82) is 0 Å². The van der Waals surface area contributed by atoms with Gasteiger partial charge in [-0.3, -0.25) is 10.1 Å². The Kier molecular flexibility index (Phi) is 8.37. The lowest BCUT2D eigenvalue weighted by Crippen LogP contribution is -2.52. The van der Waals surface area contributed by atoms with E-state index in [1.165, 1.54) is 11.1 Å². The molecule has 1 aliphatic heterocycles. The molecule has 6 heteroatoms. The van der Waals surface area contributed by atoms with E-state index < -0.39 is 11.5 Å². The Balaban J connectivity index is 2.33. The van der Waals surface area contributed by atoms with Crippen molar-refractivity contribution < 1.29 is 14.6 Å². The van der Waals surface area contributed by atoms with Crippen molar-refractivity contribution >= 4 is 17.6 Å². The predicted octanol–water partition coefficient (Wildman–Crippen LogP) is 5.04. The molecule has 168 valence electrons. The third-order valence-electron chi connectivity index (χ3n) is 5.87. The molecule has 5 nitrogen and oxygen atoms in total. The summed E-state index contributed by atoms with van der Waals surface area (Å²) in [6.45, 7) is 12.7. The molecule has 2 N–H and O–H groups in total. The van der Waals surface area contributed by atoms with E-state index in [0.29, 0.717) is 19.8 Å². The van der Waals surface area contributed by atoms with E-state index in [0.717, 1.165) is 23.4 Å². The van der Waals surface area contributed by atoms with Crippen LogP contribution in [0.15, 0.2) is 30.0 Å². The summed E-state index contributed by atoms with van der Waals surface area (Å²) in [4.78, 5) is 13.0. The largest absolute Gasteiger partial charge is 0.481 e. The van der Waals surface area contributed by atoms with Gasteiger partial charge in [-0.1, -0.05) is 51.4 Å². The molecule has 2 rings (SSSR count). The first kappa shape index (κ1) is 24.7. The van der Waals surface area contributed by atoms with Gasteiger partial charge in [0.25, 0.3) is 0 Å². The number of nitrogens with zero attached hydrogens (tertiary/aromatic N) is 1. The van der Waals surface area contributed by atoms with Gasteiger partial charge in [0.1, 0.15) is 0 Å². The normalized spacial score (nSPS) is 20.8. The van der Waals surface area contributed by atoms with E-state index in [2.05, 4.69) is 64.3 Å². The molecule has 1 heterocycles. The Hall–Kier alpha value is -1.56. The van der Waals surface area contributed by atoms with Gasteiger partial charge >= 0.3 is 5.97 Å². The van der Waals surface area contributed by atoms with Crippen molar-refractivity contribution in [2.75, 3.05) is 26.9 Å². The molecule has 0 spiro atoms. The molecule has 30 heavy (non-hydrogen) atoms. The maximum absolute atomic E-state index is 11.0. The molecule has 0 fully saturated rings. The maximum Gasteiger partial charge on any atom is 0.305 e. The van der Waals surface area contributed by atoms with E-state index in [4.69, 9.17) is 21.4 Å². The number of aryl methyl sites for hydroxylation is 1. The average molecular weight is 437 g/mol. The lowest BCUT2D eigenvalue weighted by Gasteiger charge is -2.44. The number of ether oxygens (including phenoxy) is 1. The fourth-order valence-corrected chi connectivity index (χ4v) is 4.19. The van der Waals surface area contributed by atoms with Crippen molar-refractivity contribution in [1.82, 2.24) is 10.2 Å². The van der Waals surface area contributed by atoms with E-state index >= 15 is 0 Å². The minimum Gasteiger partial charge on any atom is -0.481 e. The van der Waals surface area contributed by atoms with Crippen molar-refractivity contribution in [3.8, 4) is 0 Å². The Bertz CT molecular complexity index is 772. The third kappa shape index (κ3) is 6.47. The molecule has 2 atom stereocenters. The number of hydrogen-bond acceptors (Lipinski definition) is 4. The number of halogens is 1. The molecule has 0 amide bonds. The van der Waals surface area contributed by atoms with E-state index in [-0.39, 0.29) is 17.8 Å². The average Bonchev–Trinajstić information content (AvgIpc) is 2.65. The fourth-order valence-electron chi connectivity index (χ4n) is 3.92. The predicted molar refractivity (Wildman–Crippen MR) is 123 cm³/mol. The third-order valence-corrected chi connectivity index (χ3v) is 6.22. The highest BCUT2D eigenvalue weighted by atomic mass is 35.5. The minimum atomic E-state index is -0.791. The number of methoxy groups -OCH3 is 1. The number of benzene rings is 1. The van der Waals surface area contributed by atoms with Gasteiger partial charge in [-0.05, 0) is 47.9 Å². The first-order chi connectivity index (χ1) is 14.0. The van der Waals surface area contributed by atoms with E-state index in [9.17, 15) is 4.79 Å². The van der Waals surface area contributed by atoms with Crippen LogP contribution in [0, 0.1) is 11.3 Å². The van der Waals surface area contributed by atoms with Gasteiger partial charge in [-0.15, -0.1) is 0 Å². The number of carbonyl (C=O) groups is 1. The van der Waals surface area contributed by atoms with E-state index in [1.807, 2.05) is 4.90 Å². The Morgan fingerprint density at radius 1 is 1.40 bits per heavy atom. The molecule has 0 radical (unpaired) electrons. The number of rotatable bonds is 9. The molecule has 1 aliphatic rings. The summed E-state index contributed by atoms with van der Waals surface area (Å²) in [7, 11) is 1.70. The zero-order chi connectivity index (χ0) is 22.5. The van der Waals surface area contributed by atoms with Gasteiger partial charge in [0.2, 0.25) is 0 Å². The number of nitrogens with one attached hydrogen (secondary N) is 1. The second-order valence-corrected chi connectivity index (χ2v) is 10.1. The number of hydrogen-bond donors (Lipinski definition) is 2. The molecule has 0 aromatic heterocycles. The molecular formula is C24H37ClN2O3. The zero-order valence-electron chi connectivity index (χ0n) is 19.2. The van der Waals surface area contributed by atoms with Crippen LogP contribution in [0.3, 0.4) is 0 Å². The highest BCUT2D eigenvalue weighted by molar-refractivity contribution is 6.31. The Morgan fingerprint density at radius 2 is 2.10 bits per heavy atom. The summed E-state index contributed by atoms with van der Waals surface area (Å²) in [6.07, 6.45) is 4.24. The summed E-state index contributed by atoms with van der Waals surface area (Å²) in [5, 5.41) is 13.5. The van der Waals surface area contributed by atoms with Crippen LogP contribution in [-0.2, 0) is 21.5 Å². The topological polar surface area (TPSA) is 61.8 Å². The summed E-state index contributed by atoms with van der Waals surface area (Å²) < 4.78 is 5.42. The maximum atomic E-state index is 11.0. The van der Waals surface area contributed by atoms with E-state index in [1.54, 1.807) is 7.11 Å². The van der Waals surface area contributed by atoms with Crippen molar-refractivity contribution in [2.45, 2.75) is 59.4 Å². The molecular weight excluding hydrogens is 400 g/mol. The Morgan fingerprint density at radius 3 is 2.67 bits per heavy atom. The smallest absolute Gasteiger partial charge is 0.305 e. The zero-order valence-corrected chi connectivity index (χ0v) is 20.0. The van der Waals surface area contributed by atoms with Gasteiger partial charge in [0.05, 0.1) is 25.2 Å². The van der Waals surface area contributed by atoms with Crippen molar-refractivity contribution in [3.63, 3.8) is 0 Å². The van der Waals surface area contributed by atoms with Crippen LogP contribution < -0.4 is 5.32 Å². The van der Waals surface area contributed by atoms with Crippen LogP contribution in [0.5, 0.6) is 0 Å². The van der Waals surface area contributed by atoms with Crippen LogP contribution >= 0.6 is 11.6 Å². The lowest BCUT2D eigenvalue weighted by atomic mass is 9.77. The summed E-state index contributed by atoms with van der Waals surface area (Å²) >= 11 is 6.69. The first-order valence-electron chi connectivity index (χ1n) is 10.7. The minimum absolute atomic E-state index is 0.106.